The summed E-state index contributed by atoms with van der Waals surface area (Å²) in [5.74, 6) is -0.490. The summed E-state index contributed by atoms with van der Waals surface area (Å²) in [6, 6.07) is 12.8. The number of benzene rings is 2. The van der Waals surface area contributed by atoms with E-state index in [1.165, 1.54) is 12.1 Å². The molecule has 0 radical (unpaired) electrons. The topological polar surface area (TPSA) is 49.8 Å². The van der Waals surface area contributed by atoms with Gasteiger partial charge in [0.2, 0.25) is 6.10 Å². The number of hydrogen-bond acceptors (Lipinski definition) is 3. The highest BCUT2D eigenvalue weighted by Crippen LogP contribution is 2.31. The first-order valence-electron chi connectivity index (χ1n) is 7.68. The van der Waals surface area contributed by atoms with Crippen molar-refractivity contribution in [1.82, 2.24) is 4.90 Å². The fraction of sp³-hybridized carbons (Fsp3) is 0.278. The summed E-state index contributed by atoms with van der Waals surface area (Å²) in [4.78, 5) is 14.4. The van der Waals surface area contributed by atoms with Gasteiger partial charge in [0.15, 0.2) is 0 Å². The molecule has 24 heavy (non-hydrogen) atoms. The minimum Gasteiger partial charge on any atom is -0.474 e. The van der Waals surface area contributed by atoms with Crippen LogP contribution < -0.4 is 4.74 Å². The maximum Gasteiger partial charge on any atom is 0.268 e. The van der Waals surface area contributed by atoms with E-state index in [4.69, 9.17) is 16.3 Å². The molecule has 1 aliphatic rings. The second-order valence-electron chi connectivity index (χ2n) is 5.71. The number of aliphatic hydroxyl groups is 1. The molecule has 0 saturated carbocycles. The molecule has 3 rings (SSSR count). The Morgan fingerprint density at radius 3 is 2.67 bits per heavy atom. The van der Waals surface area contributed by atoms with Gasteiger partial charge in [-0.1, -0.05) is 41.9 Å². The number of nitrogens with zero attached hydrogens (tertiary/aromatic N) is 1. The molecule has 0 spiro atoms. The molecule has 4 nitrogen and oxygen atoms in total. The molecule has 1 heterocycles. The van der Waals surface area contributed by atoms with Crippen LogP contribution in [0, 0.1) is 5.82 Å². The Bertz CT molecular complexity index is 725. The van der Waals surface area contributed by atoms with Gasteiger partial charge in [-0.05, 0) is 24.6 Å². The second-order valence-corrected chi connectivity index (χ2v) is 6.12. The summed E-state index contributed by atoms with van der Waals surface area (Å²) < 4.78 is 19.0. The SMILES string of the molecule is O=C(C(Oc1ccc(F)cc1Cl)c1ccccc1)N1CC[C@H](O)C1. The van der Waals surface area contributed by atoms with E-state index in [-0.39, 0.29) is 23.2 Å². The fourth-order valence-corrected chi connectivity index (χ4v) is 2.91. The minimum absolute atomic E-state index is 0.102. The highest BCUT2D eigenvalue weighted by atomic mass is 35.5. The third-order valence-electron chi connectivity index (χ3n) is 3.94. The van der Waals surface area contributed by atoms with Crippen LogP contribution in [0.2, 0.25) is 5.02 Å². The van der Waals surface area contributed by atoms with E-state index in [1.54, 1.807) is 17.0 Å². The smallest absolute Gasteiger partial charge is 0.268 e. The van der Waals surface area contributed by atoms with Crippen LogP contribution in [0.15, 0.2) is 48.5 Å². The number of halogens is 2. The van der Waals surface area contributed by atoms with E-state index < -0.39 is 18.0 Å². The van der Waals surface area contributed by atoms with E-state index in [1.807, 2.05) is 18.2 Å². The third kappa shape index (κ3) is 3.68. The van der Waals surface area contributed by atoms with Crippen molar-refractivity contribution in [3.05, 3.63) is 64.9 Å². The summed E-state index contributed by atoms with van der Waals surface area (Å²) >= 11 is 6.02. The van der Waals surface area contributed by atoms with Crippen molar-refractivity contribution in [2.45, 2.75) is 18.6 Å². The number of rotatable bonds is 4. The normalized spacial score (nSPS) is 18.5. The van der Waals surface area contributed by atoms with Gasteiger partial charge in [0.25, 0.3) is 5.91 Å². The summed E-state index contributed by atoms with van der Waals surface area (Å²) in [6.07, 6.45) is -0.871. The zero-order chi connectivity index (χ0) is 17.1. The maximum atomic E-state index is 13.2. The van der Waals surface area contributed by atoms with E-state index in [9.17, 15) is 14.3 Å². The molecule has 1 aliphatic heterocycles. The van der Waals surface area contributed by atoms with E-state index >= 15 is 0 Å². The minimum atomic E-state index is -0.903. The van der Waals surface area contributed by atoms with Gasteiger partial charge >= 0.3 is 0 Å². The second kappa shape index (κ2) is 7.20. The summed E-state index contributed by atoms with van der Waals surface area (Å²) in [5, 5.41) is 9.77. The first kappa shape index (κ1) is 16.7. The molecule has 2 atom stereocenters. The zero-order valence-corrected chi connectivity index (χ0v) is 13.6. The number of hydrogen-bond donors (Lipinski definition) is 1. The molecule has 1 N–H and O–H groups in total. The molecule has 1 unspecified atom stereocenters. The molecule has 0 aromatic heterocycles. The average molecular weight is 350 g/mol. The van der Waals surface area contributed by atoms with Crippen LogP contribution in [0.5, 0.6) is 5.75 Å². The molecule has 0 bridgehead atoms. The fourth-order valence-electron chi connectivity index (χ4n) is 2.69. The highest BCUT2D eigenvalue weighted by Gasteiger charge is 2.32. The van der Waals surface area contributed by atoms with Crippen molar-refractivity contribution < 1.29 is 19.0 Å². The Morgan fingerprint density at radius 1 is 1.29 bits per heavy atom. The Hall–Kier alpha value is -2.11. The average Bonchev–Trinajstić information content (AvgIpc) is 3.01. The molecular weight excluding hydrogens is 333 g/mol. The van der Waals surface area contributed by atoms with Gasteiger partial charge in [-0.3, -0.25) is 4.79 Å². The van der Waals surface area contributed by atoms with Gasteiger partial charge < -0.3 is 14.7 Å². The van der Waals surface area contributed by atoms with Crippen LogP contribution in [-0.2, 0) is 4.79 Å². The van der Waals surface area contributed by atoms with Crippen molar-refractivity contribution in [3.8, 4) is 5.75 Å². The number of β-amino-alcohol motifs (C(OH)–C–C–N with tert-alkyl or cyclic N) is 1. The van der Waals surface area contributed by atoms with E-state index in [2.05, 4.69) is 0 Å². The molecule has 1 saturated heterocycles. The summed E-state index contributed by atoms with van der Waals surface area (Å²) in [7, 11) is 0. The first-order valence-corrected chi connectivity index (χ1v) is 8.06. The van der Waals surface area contributed by atoms with E-state index in [0.717, 1.165) is 6.07 Å². The molecule has 2 aromatic rings. The van der Waals surface area contributed by atoms with Crippen LogP contribution in [0.3, 0.4) is 0 Å². The predicted molar refractivity (Wildman–Crippen MR) is 88.4 cm³/mol. The maximum absolute atomic E-state index is 13.2. The number of amides is 1. The quantitative estimate of drug-likeness (QED) is 0.922. The Labute approximate surface area is 144 Å². The zero-order valence-electron chi connectivity index (χ0n) is 12.9. The number of carbonyl (C=O) groups is 1. The van der Waals surface area contributed by atoms with Gasteiger partial charge in [-0.15, -0.1) is 0 Å². The molecule has 0 aliphatic carbocycles. The van der Waals surface area contributed by atoms with Crippen LogP contribution in [0.25, 0.3) is 0 Å². The Kier molecular flexibility index (Phi) is 5.02. The molecule has 1 amide bonds. The number of likely N-dealkylation sites (tertiary alicyclic amines) is 1. The highest BCUT2D eigenvalue weighted by molar-refractivity contribution is 6.32. The van der Waals surface area contributed by atoms with Crippen LogP contribution >= 0.6 is 11.6 Å². The van der Waals surface area contributed by atoms with Crippen molar-refractivity contribution in [3.63, 3.8) is 0 Å². The van der Waals surface area contributed by atoms with Gasteiger partial charge in [-0.2, -0.15) is 0 Å². The van der Waals surface area contributed by atoms with Crippen molar-refractivity contribution >= 4 is 17.5 Å². The lowest BCUT2D eigenvalue weighted by Gasteiger charge is -2.24. The molecule has 1 fully saturated rings. The van der Waals surface area contributed by atoms with Gasteiger partial charge in [0.05, 0.1) is 11.1 Å². The van der Waals surface area contributed by atoms with Gasteiger partial charge in [-0.25, -0.2) is 4.39 Å². The van der Waals surface area contributed by atoms with Crippen LogP contribution in [0.1, 0.15) is 18.1 Å². The monoisotopic (exact) mass is 349 g/mol. The summed E-state index contributed by atoms with van der Waals surface area (Å²) in [6.45, 7) is 0.756. The third-order valence-corrected chi connectivity index (χ3v) is 4.24. The lowest BCUT2D eigenvalue weighted by atomic mass is 10.1. The lowest BCUT2D eigenvalue weighted by Crippen LogP contribution is -2.36. The predicted octanol–water partition coefficient (Wildman–Crippen LogP) is 3.19. The summed E-state index contributed by atoms with van der Waals surface area (Å²) in [5.41, 5.74) is 0.671. The molecule has 2 aromatic carbocycles. The first-order chi connectivity index (χ1) is 11.5. The van der Waals surface area contributed by atoms with Gasteiger partial charge in [0.1, 0.15) is 11.6 Å². The van der Waals surface area contributed by atoms with Crippen molar-refractivity contribution in [1.29, 1.82) is 0 Å². The standard InChI is InChI=1S/C18H17ClFNO3/c19-15-10-13(20)6-7-16(15)24-17(12-4-2-1-3-5-12)18(23)21-9-8-14(22)11-21/h1-7,10,14,17,22H,8-9,11H2/t14-,17?/m0/s1. The van der Waals surface area contributed by atoms with Gasteiger partial charge in [0, 0.05) is 18.7 Å². The van der Waals surface area contributed by atoms with Crippen molar-refractivity contribution in [2.24, 2.45) is 0 Å². The largest absolute Gasteiger partial charge is 0.474 e. The lowest BCUT2D eigenvalue weighted by molar-refractivity contribution is -0.138. The van der Waals surface area contributed by atoms with Crippen molar-refractivity contribution in [2.75, 3.05) is 13.1 Å². The molecular formula is C18H17ClFNO3. The number of carbonyl (C=O) groups excluding carboxylic acids is 1. The number of ether oxygens (including phenoxy) is 1. The molecule has 126 valence electrons. The Balaban J connectivity index is 1.89. The Morgan fingerprint density at radius 2 is 2.04 bits per heavy atom. The van der Waals surface area contributed by atoms with Crippen LogP contribution in [-0.4, -0.2) is 35.1 Å². The number of aliphatic hydroxyl groups excluding tert-OH is 1. The van der Waals surface area contributed by atoms with E-state index in [0.29, 0.717) is 18.5 Å². The molecule has 6 heteroatoms. The van der Waals surface area contributed by atoms with Crippen LogP contribution in [0.4, 0.5) is 4.39 Å².